The number of fused-ring (bicyclic) bond motifs is 1. The summed E-state index contributed by atoms with van der Waals surface area (Å²) < 4.78 is 0. The first kappa shape index (κ1) is 15.9. The zero-order chi connectivity index (χ0) is 17.7. The predicted octanol–water partition coefficient (Wildman–Crippen LogP) is 3.56. The van der Waals surface area contributed by atoms with Gasteiger partial charge in [-0.3, -0.25) is 4.79 Å². The van der Waals surface area contributed by atoms with Crippen molar-refractivity contribution in [2.75, 3.05) is 24.5 Å². The number of aryl methyl sites for hydroxylation is 1. The molecule has 1 atom stereocenters. The highest BCUT2D eigenvalue weighted by Crippen LogP contribution is 2.43. The number of carbonyl (C=O) groups excluding carboxylic acids is 1. The van der Waals surface area contributed by atoms with E-state index in [-0.39, 0.29) is 5.41 Å². The van der Waals surface area contributed by atoms with Crippen LogP contribution in [0.3, 0.4) is 0 Å². The summed E-state index contributed by atoms with van der Waals surface area (Å²) >= 11 is 1.68. The first-order valence-corrected chi connectivity index (χ1v) is 10.0. The highest BCUT2D eigenvalue weighted by Gasteiger charge is 2.51. The molecular formula is C20H22N4OS. The molecule has 2 aliphatic rings. The number of hydrogen-bond acceptors (Lipinski definition) is 4. The SMILES string of the molecule is Cc1csc(N2CCC3(CCN(Cc4c[nH]c5ccccc45)C3=O)C2)n1. The van der Waals surface area contributed by atoms with Crippen LogP contribution >= 0.6 is 11.3 Å². The van der Waals surface area contributed by atoms with Gasteiger partial charge < -0.3 is 14.8 Å². The van der Waals surface area contributed by atoms with Crippen molar-refractivity contribution in [2.45, 2.75) is 26.3 Å². The Morgan fingerprint density at radius 2 is 2.12 bits per heavy atom. The number of thiazole rings is 1. The van der Waals surface area contributed by atoms with Crippen LogP contribution in [0.1, 0.15) is 24.1 Å². The highest BCUT2D eigenvalue weighted by molar-refractivity contribution is 7.13. The van der Waals surface area contributed by atoms with Crippen LogP contribution in [0.15, 0.2) is 35.8 Å². The van der Waals surface area contributed by atoms with E-state index in [2.05, 4.69) is 38.4 Å². The Hall–Kier alpha value is -2.34. The Kier molecular flexibility index (Phi) is 3.57. The van der Waals surface area contributed by atoms with Gasteiger partial charge in [-0.05, 0) is 31.4 Å². The molecule has 134 valence electrons. The molecule has 5 rings (SSSR count). The van der Waals surface area contributed by atoms with Crippen LogP contribution in [0, 0.1) is 12.3 Å². The predicted molar refractivity (Wildman–Crippen MR) is 104 cm³/mol. The number of nitrogens with zero attached hydrogens (tertiary/aromatic N) is 3. The van der Waals surface area contributed by atoms with Crippen molar-refractivity contribution in [1.82, 2.24) is 14.9 Å². The number of rotatable bonds is 3. The molecular weight excluding hydrogens is 344 g/mol. The van der Waals surface area contributed by atoms with Crippen LogP contribution in [-0.4, -0.2) is 40.4 Å². The number of H-pyrrole nitrogens is 1. The Bertz CT molecular complexity index is 977. The van der Waals surface area contributed by atoms with Crippen molar-refractivity contribution >= 4 is 33.3 Å². The van der Waals surface area contributed by atoms with Crippen LogP contribution < -0.4 is 4.90 Å². The number of para-hydroxylation sites is 1. The van der Waals surface area contributed by atoms with Gasteiger partial charge in [-0.1, -0.05) is 18.2 Å². The molecule has 1 spiro atoms. The molecule has 2 fully saturated rings. The molecule has 0 bridgehead atoms. The molecule has 4 heterocycles. The molecule has 2 saturated heterocycles. The largest absolute Gasteiger partial charge is 0.361 e. The van der Waals surface area contributed by atoms with E-state index in [0.717, 1.165) is 48.8 Å². The number of hydrogen-bond donors (Lipinski definition) is 1. The smallest absolute Gasteiger partial charge is 0.231 e. The van der Waals surface area contributed by atoms with Gasteiger partial charge in [-0.2, -0.15) is 0 Å². The molecule has 1 N–H and O–H groups in total. The van der Waals surface area contributed by atoms with Gasteiger partial charge in [0.2, 0.25) is 5.91 Å². The summed E-state index contributed by atoms with van der Waals surface area (Å²) in [7, 11) is 0. The normalized spacial score (nSPS) is 23.0. The number of anilines is 1. The number of likely N-dealkylation sites (tertiary alicyclic amines) is 1. The molecule has 3 aromatic rings. The van der Waals surface area contributed by atoms with Gasteiger partial charge in [0.15, 0.2) is 5.13 Å². The fourth-order valence-corrected chi connectivity index (χ4v) is 5.24. The second kappa shape index (κ2) is 5.84. The van der Waals surface area contributed by atoms with E-state index in [0.29, 0.717) is 12.5 Å². The van der Waals surface area contributed by atoms with E-state index in [1.165, 1.54) is 10.9 Å². The molecule has 26 heavy (non-hydrogen) atoms. The average Bonchev–Trinajstić information content (AvgIpc) is 3.41. The molecule has 1 aromatic carbocycles. The van der Waals surface area contributed by atoms with Gasteiger partial charge in [0.25, 0.3) is 0 Å². The van der Waals surface area contributed by atoms with Gasteiger partial charge >= 0.3 is 0 Å². The number of benzene rings is 1. The summed E-state index contributed by atoms with van der Waals surface area (Å²) in [6, 6.07) is 8.29. The van der Waals surface area contributed by atoms with Crippen molar-refractivity contribution in [3.63, 3.8) is 0 Å². The maximum atomic E-state index is 13.2. The molecule has 5 nitrogen and oxygen atoms in total. The van der Waals surface area contributed by atoms with Crippen molar-refractivity contribution in [2.24, 2.45) is 5.41 Å². The van der Waals surface area contributed by atoms with Crippen molar-refractivity contribution < 1.29 is 4.79 Å². The molecule has 0 aliphatic carbocycles. The lowest BCUT2D eigenvalue weighted by molar-refractivity contribution is -0.135. The molecule has 2 aliphatic heterocycles. The fraction of sp³-hybridized carbons (Fsp3) is 0.400. The summed E-state index contributed by atoms with van der Waals surface area (Å²) in [4.78, 5) is 25.5. The van der Waals surface area contributed by atoms with Crippen molar-refractivity contribution in [3.8, 4) is 0 Å². The second-order valence-corrected chi connectivity index (χ2v) is 8.40. The molecule has 1 unspecified atom stereocenters. The minimum Gasteiger partial charge on any atom is -0.361 e. The van der Waals surface area contributed by atoms with Crippen molar-refractivity contribution in [3.05, 3.63) is 47.1 Å². The Balaban J connectivity index is 1.34. The highest BCUT2D eigenvalue weighted by atomic mass is 32.1. The zero-order valence-corrected chi connectivity index (χ0v) is 15.7. The molecule has 1 amide bonds. The maximum Gasteiger partial charge on any atom is 0.231 e. The van der Waals surface area contributed by atoms with Crippen LogP contribution in [0.2, 0.25) is 0 Å². The Morgan fingerprint density at radius 1 is 1.27 bits per heavy atom. The first-order valence-electron chi connectivity index (χ1n) is 9.16. The number of amides is 1. The Labute approximate surface area is 156 Å². The van der Waals surface area contributed by atoms with Crippen LogP contribution in [0.5, 0.6) is 0 Å². The lowest BCUT2D eigenvalue weighted by Gasteiger charge is -2.23. The van der Waals surface area contributed by atoms with E-state index in [1.807, 2.05) is 24.1 Å². The quantitative estimate of drug-likeness (QED) is 0.771. The molecule has 6 heteroatoms. The molecule has 2 aromatic heterocycles. The summed E-state index contributed by atoms with van der Waals surface area (Å²) in [5, 5.41) is 4.36. The zero-order valence-electron chi connectivity index (χ0n) is 14.9. The second-order valence-electron chi connectivity index (χ2n) is 7.56. The van der Waals surface area contributed by atoms with Crippen LogP contribution in [0.25, 0.3) is 10.9 Å². The minimum absolute atomic E-state index is 0.217. The molecule has 0 saturated carbocycles. The molecule has 0 radical (unpaired) electrons. The first-order chi connectivity index (χ1) is 12.6. The average molecular weight is 366 g/mol. The number of nitrogens with one attached hydrogen (secondary N) is 1. The van der Waals surface area contributed by atoms with Crippen LogP contribution in [0.4, 0.5) is 5.13 Å². The van der Waals surface area contributed by atoms with Crippen molar-refractivity contribution in [1.29, 1.82) is 0 Å². The fourth-order valence-electron chi connectivity index (χ4n) is 4.41. The van der Waals surface area contributed by atoms with Gasteiger partial charge in [-0.15, -0.1) is 11.3 Å². The number of aromatic amines is 1. The summed E-state index contributed by atoms with van der Waals surface area (Å²) in [5.41, 5.74) is 3.18. The van der Waals surface area contributed by atoms with Gasteiger partial charge in [0.05, 0.1) is 11.1 Å². The summed E-state index contributed by atoms with van der Waals surface area (Å²) in [6.07, 6.45) is 3.94. The maximum absolute atomic E-state index is 13.2. The minimum atomic E-state index is -0.217. The Morgan fingerprint density at radius 3 is 2.96 bits per heavy atom. The van der Waals surface area contributed by atoms with Crippen LogP contribution in [-0.2, 0) is 11.3 Å². The van der Waals surface area contributed by atoms with Gasteiger partial charge in [0, 0.05) is 48.7 Å². The summed E-state index contributed by atoms with van der Waals surface area (Å²) in [6.45, 7) is 5.31. The van der Waals surface area contributed by atoms with E-state index in [4.69, 9.17) is 0 Å². The van der Waals surface area contributed by atoms with Gasteiger partial charge in [0.1, 0.15) is 0 Å². The van der Waals surface area contributed by atoms with E-state index >= 15 is 0 Å². The van der Waals surface area contributed by atoms with Gasteiger partial charge in [-0.25, -0.2) is 4.98 Å². The number of aromatic nitrogens is 2. The topological polar surface area (TPSA) is 52.2 Å². The van der Waals surface area contributed by atoms with E-state index < -0.39 is 0 Å². The third kappa shape index (κ3) is 2.43. The standard InChI is InChI=1S/C20H22N4OS/c1-14-12-26-19(22-14)24-9-7-20(13-24)6-8-23(18(20)25)11-15-10-21-17-5-3-2-4-16(15)17/h2-5,10,12,21H,6-9,11,13H2,1H3. The van der Waals surface area contributed by atoms with E-state index in [9.17, 15) is 4.79 Å². The third-order valence-electron chi connectivity index (χ3n) is 5.87. The van der Waals surface area contributed by atoms with E-state index in [1.54, 1.807) is 11.3 Å². The lowest BCUT2D eigenvalue weighted by Crippen LogP contribution is -2.36. The number of carbonyl (C=O) groups is 1. The monoisotopic (exact) mass is 366 g/mol. The summed E-state index contributed by atoms with van der Waals surface area (Å²) in [5.74, 6) is 0.318. The third-order valence-corrected chi connectivity index (χ3v) is 6.89. The lowest BCUT2D eigenvalue weighted by atomic mass is 9.85.